The molecular formula is C36H20F2. The largest absolute Gasteiger partial charge is 0.207 e. The number of benzene rings is 8. The van der Waals surface area contributed by atoms with Gasteiger partial charge in [0.05, 0.1) is 0 Å². The third-order valence-corrected chi connectivity index (χ3v) is 7.90. The summed E-state index contributed by atoms with van der Waals surface area (Å²) in [6.45, 7) is 0. The Morgan fingerprint density at radius 2 is 0.658 bits per heavy atom. The fourth-order valence-corrected chi connectivity index (χ4v) is 6.41. The van der Waals surface area contributed by atoms with E-state index in [2.05, 4.69) is 72.8 Å². The fourth-order valence-electron chi connectivity index (χ4n) is 6.41. The Labute approximate surface area is 217 Å². The summed E-state index contributed by atoms with van der Waals surface area (Å²) in [5, 5.41) is 11.5. The van der Waals surface area contributed by atoms with Crippen molar-refractivity contribution in [1.82, 2.24) is 0 Å². The molecule has 0 aliphatic heterocycles. The summed E-state index contributed by atoms with van der Waals surface area (Å²) in [6.07, 6.45) is 0. The molecule has 0 spiro atoms. The van der Waals surface area contributed by atoms with Crippen LogP contribution < -0.4 is 0 Å². The van der Waals surface area contributed by atoms with Crippen LogP contribution in [0.25, 0.3) is 76.1 Å². The quantitative estimate of drug-likeness (QED) is 0.167. The Morgan fingerprint density at radius 1 is 0.316 bits per heavy atom. The Morgan fingerprint density at radius 3 is 1.03 bits per heavy atom. The summed E-state index contributed by atoms with van der Waals surface area (Å²) in [7, 11) is 0. The Balaban J connectivity index is 1.76. The smallest absolute Gasteiger partial charge is 0.123 e. The fraction of sp³-hybridized carbons (Fsp3) is 0. The van der Waals surface area contributed by atoms with Crippen LogP contribution in [0.4, 0.5) is 8.78 Å². The van der Waals surface area contributed by atoms with Crippen molar-refractivity contribution in [2.45, 2.75) is 0 Å². The normalized spacial score (nSPS) is 11.9. The minimum Gasteiger partial charge on any atom is -0.207 e. The van der Waals surface area contributed by atoms with Gasteiger partial charge in [0.1, 0.15) is 11.6 Å². The van der Waals surface area contributed by atoms with Crippen LogP contribution in [-0.4, -0.2) is 0 Å². The molecule has 178 valence electrons. The molecule has 0 aliphatic rings. The highest BCUT2D eigenvalue weighted by atomic mass is 19.1. The highest BCUT2D eigenvalue weighted by molar-refractivity contribution is 6.39. The molecule has 0 unspecified atom stereocenters. The number of rotatable bonds is 2. The van der Waals surface area contributed by atoms with Gasteiger partial charge in [-0.25, -0.2) is 8.78 Å². The molecule has 0 aromatic heterocycles. The van der Waals surface area contributed by atoms with Gasteiger partial charge in [-0.3, -0.25) is 0 Å². The van der Waals surface area contributed by atoms with Gasteiger partial charge in [-0.15, -0.1) is 0 Å². The Bertz CT molecular complexity index is 2000. The zero-order valence-electron chi connectivity index (χ0n) is 20.3. The van der Waals surface area contributed by atoms with E-state index in [9.17, 15) is 8.78 Å². The molecule has 0 heterocycles. The number of fused-ring (bicyclic) bond motifs is 3. The molecule has 8 rings (SSSR count). The van der Waals surface area contributed by atoms with Gasteiger partial charge in [0.2, 0.25) is 0 Å². The maximum Gasteiger partial charge on any atom is 0.123 e. The topological polar surface area (TPSA) is 0 Å². The van der Waals surface area contributed by atoms with E-state index in [1.807, 2.05) is 24.3 Å². The highest BCUT2D eigenvalue weighted by Gasteiger charge is 2.22. The van der Waals surface area contributed by atoms with E-state index in [0.29, 0.717) is 0 Å². The van der Waals surface area contributed by atoms with Crippen LogP contribution in [0.3, 0.4) is 0 Å². The second kappa shape index (κ2) is 7.84. The van der Waals surface area contributed by atoms with Crippen molar-refractivity contribution in [3.05, 3.63) is 133 Å². The minimum atomic E-state index is -0.257. The lowest BCUT2D eigenvalue weighted by atomic mass is 9.80. The molecular weight excluding hydrogens is 470 g/mol. The predicted molar refractivity (Wildman–Crippen MR) is 156 cm³/mol. The van der Waals surface area contributed by atoms with Gasteiger partial charge in [0.15, 0.2) is 0 Å². The number of halogens is 2. The van der Waals surface area contributed by atoms with Crippen LogP contribution in [0.5, 0.6) is 0 Å². The van der Waals surface area contributed by atoms with Gasteiger partial charge in [-0.2, -0.15) is 0 Å². The van der Waals surface area contributed by atoms with Gasteiger partial charge >= 0.3 is 0 Å². The average molecular weight is 491 g/mol. The number of hydrogen-bond donors (Lipinski definition) is 0. The molecule has 0 nitrogen and oxygen atoms in total. The second-order valence-corrected chi connectivity index (χ2v) is 9.93. The van der Waals surface area contributed by atoms with Gasteiger partial charge in [0, 0.05) is 0 Å². The first kappa shape index (κ1) is 21.3. The van der Waals surface area contributed by atoms with Crippen molar-refractivity contribution in [2.24, 2.45) is 0 Å². The molecule has 0 bridgehead atoms. The first-order valence-electron chi connectivity index (χ1n) is 12.7. The molecule has 0 atom stereocenters. The summed E-state index contributed by atoms with van der Waals surface area (Å²) in [5.41, 5.74) is 4.11. The maximum absolute atomic E-state index is 14.1. The molecule has 0 saturated heterocycles. The van der Waals surface area contributed by atoms with E-state index in [4.69, 9.17) is 0 Å². The van der Waals surface area contributed by atoms with Crippen molar-refractivity contribution < 1.29 is 8.78 Å². The van der Waals surface area contributed by atoms with Crippen LogP contribution in [0.2, 0.25) is 0 Å². The molecule has 2 heteroatoms. The molecule has 0 saturated carbocycles. The molecule has 0 amide bonds. The summed E-state index contributed by atoms with van der Waals surface area (Å²) in [4.78, 5) is 0. The van der Waals surface area contributed by atoms with Gasteiger partial charge < -0.3 is 0 Å². The lowest BCUT2D eigenvalue weighted by Gasteiger charge is -2.22. The summed E-state index contributed by atoms with van der Waals surface area (Å²) >= 11 is 0. The van der Waals surface area contributed by atoms with E-state index in [0.717, 1.165) is 65.3 Å². The average Bonchev–Trinajstić information content (AvgIpc) is 2.95. The standard InChI is InChI=1S/C36H20F2/c37-25-17-13-23(14-18-25)33-27-9-1-5-21-7-3-11-29(31(21)27)36-34(24-15-19-26(38)20-16-24)28-10-2-6-22-8-4-12-30(32(22)28)35(33)36/h1-20H. The molecule has 0 aliphatic carbocycles. The summed E-state index contributed by atoms with van der Waals surface area (Å²) < 4.78 is 28.2. The van der Waals surface area contributed by atoms with Crippen LogP contribution in [0, 0.1) is 11.6 Å². The SMILES string of the molecule is Fc1ccc(-c2c3cccc4cccc(c5c(-c6ccc(F)cc6)c6cccc7cccc(c25)c76)c43)cc1. The van der Waals surface area contributed by atoms with Gasteiger partial charge in [-0.1, -0.05) is 97.1 Å². The summed E-state index contributed by atoms with van der Waals surface area (Å²) in [5.74, 6) is -0.514. The molecule has 38 heavy (non-hydrogen) atoms. The van der Waals surface area contributed by atoms with E-state index in [-0.39, 0.29) is 11.6 Å². The predicted octanol–water partition coefficient (Wildman–Crippen LogP) is 10.5. The van der Waals surface area contributed by atoms with Crippen molar-refractivity contribution in [1.29, 1.82) is 0 Å². The highest BCUT2D eigenvalue weighted by Crippen LogP contribution is 2.50. The van der Waals surface area contributed by atoms with Crippen molar-refractivity contribution >= 4 is 53.9 Å². The van der Waals surface area contributed by atoms with Gasteiger partial charge in [0.25, 0.3) is 0 Å². The van der Waals surface area contributed by atoms with E-state index in [1.165, 1.54) is 35.0 Å². The van der Waals surface area contributed by atoms with Gasteiger partial charge in [-0.05, 0) is 100 Å². The van der Waals surface area contributed by atoms with Crippen LogP contribution in [-0.2, 0) is 0 Å². The molecule has 8 aromatic carbocycles. The first-order valence-corrected chi connectivity index (χ1v) is 12.7. The van der Waals surface area contributed by atoms with E-state index < -0.39 is 0 Å². The van der Waals surface area contributed by atoms with Crippen molar-refractivity contribution in [3.63, 3.8) is 0 Å². The van der Waals surface area contributed by atoms with Crippen LogP contribution in [0.15, 0.2) is 121 Å². The lowest BCUT2D eigenvalue weighted by molar-refractivity contribution is 0.627. The van der Waals surface area contributed by atoms with Crippen molar-refractivity contribution in [2.75, 3.05) is 0 Å². The molecule has 8 aromatic rings. The Hall–Kier alpha value is -4.82. The summed E-state index contributed by atoms with van der Waals surface area (Å²) in [6, 6.07) is 39.4. The van der Waals surface area contributed by atoms with E-state index >= 15 is 0 Å². The molecule has 0 fully saturated rings. The molecule has 0 radical (unpaired) electrons. The maximum atomic E-state index is 14.1. The zero-order chi connectivity index (χ0) is 25.4. The Kier molecular flexibility index (Phi) is 4.39. The first-order chi connectivity index (χ1) is 18.7. The van der Waals surface area contributed by atoms with Crippen LogP contribution >= 0.6 is 0 Å². The second-order valence-electron chi connectivity index (χ2n) is 9.93. The third-order valence-electron chi connectivity index (χ3n) is 7.90. The zero-order valence-corrected chi connectivity index (χ0v) is 20.3. The van der Waals surface area contributed by atoms with Crippen molar-refractivity contribution in [3.8, 4) is 22.3 Å². The minimum absolute atomic E-state index is 0.257. The van der Waals surface area contributed by atoms with Crippen LogP contribution in [0.1, 0.15) is 0 Å². The number of hydrogen-bond acceptors (Lipinski definition) is 0. The molecule has 0 N–H and O–H groups in total. The lowest BCUT2D eigenvalue weighted by Crippen LogP contribution is -1.95. The monoisotopic (exact) mass is 490 g/mol. The third kappa shape index (κ3) is 2.89. The van der Waals surface area contributed by atoms with E-state index in [1.54, 1.807) is 0 Å².